The molecule has 0 aliphatic rings. The van der Waals surface area contributed by atoms with E-state index in [4.69, 9.17) is 5.73 Å². The quantitative estimate of drug-likeness (QED) is 0.701. The Hall–Kier alpha value is -0.220. The van der Waals surface area contributed by atoms with Crippen molar-refractivity contribution in [2.24, 2.45) is 11.1 Å². The Morgan fingerprint density at radius 2 is 2.13 bits per heavy atom. The number of carbonyl (C=O) groups is 1. The van der Waals surface area contributed by atoms with Gasteiger partial charge in [-0.2, -0.15) is 11.8 Å². The smallest absolute Gasteiger partial charge is 0.236 e. The maximum absolute atomic E-state index is 11.6. The lowest BCUT2D eigenvalue weighted by Crippen LogP contribution is -2.44. The standard InChI is InChI=1S/C11H24N2OS/c1-5-11(2,3)8-13-10(14)9(12)6-7-15-4/h9H,5-8,12H2,1-4H3,(H,13,14)/t9-/m0/s1. The Morgan fingerprint density at radius 1 is 1.53 bits per heavy atom. The molecule has 0 saturated heterocycles. The minimum absolute atomic E-state index is 0.0226. The van der Waals surface area contributed by atoms with Crippen molar-refractivity contribution in [1.29, 1.82) is 0 Å². The topological polar surface area (TPSA) is 55.1 Å². The van der Waals surface area contributed by atoms with Crippen LogP contribution in [0.2, 0.25) is 0 Å². The number of hydrogen-bond donors (Lipinski definition) is 2. The molecule has 0 aromatic rings. The zero-order valence-electron chi connectivity index (χ0n) is 10.3. The molecule has 0 aliphatic carbocycles. The van der Waals surface area contributed by atoms with E-state index >= 15 is 0 Å². The molecule has 4 heteroatoms. The molecule has 0 aliphatic heterocycles. The molecule has 0 bridgehead atoms. The summed E-state index contributed by atoms with van der Waals surface area (Å²) in [4.78, 5) is 11.6. The van der Waals surface area contributed by atoms with Gasteiger partial charge in [0.1, 0.15) is 0 Å². The van der Waals surface area contributed by atoms with Crippen LogP contribution in [0.3, 0.4) is 0 Å². The van der Waals surface area contributed by atoms with Gasteiger partial charge in [0.25, 0.3) is 0 Å². The van der Waals surface area contributed by atoms with Crippen LogP contribution in [0.15, 0.2) is 0 Å². The summed E-state index contributed by atoms with van der Waals surface area (Å²) in [6, 6.07) is -0.356. The average molecular weight is 232 g/mol. The summed E-state index contributed by atoms with van der Waals surface area (Å²) in [6.45, 7) is 7.11. The molecule has 0 aromatic carbocycles. The predicted molar refractivity (Wildman–Crippen MR) is 68.1 cm³/mol. The first kappa shape index (κ1) is 14.8. The normalized spacial score (nSPS) is 13.7. The van der Waals surface area contributed by atoms with Crippen molar-refractivity contribution >= 4 is 17.7 Å². The Labute approximate surface area is 97.6 Å². The van der Waals surface area contributed by atoms with Crippen molar-refractivity contribution in [2.45, 2.75) is 39.7 Å². The molecule has 0 aromatic heterocycles. The highest BCUT2D eigenvalue weighted by Gasteiger charge is 2.18. The highest BCUT2D eigenvalue weighted by molar-refractivity contribution is 7.98. The number of rotatable bonds is 7. The van der Waals surface area contributed by atoms with E-state index in [2.05, 4.69) is 26.1 Å². The van der Waals surface area contributed by atoms with Gasteiger partial charge in [0, 0.05) is 6.54 Å². The lowest BCUT2D eigenvalue weighted by atomic mass is 9.90. The van der Waals surface area contributed by atoms with Crippen molar-refractivity contribution < 1.29 is 4.79 Å². The molecule has 0 heterocycles. The third-order valence-corrected chi connectivity index (χ3v) is 3.31. The van der Waals surface area contributed by atoms with Crippen molar-refractivity contribution in [3.8, 4) is 0 Å². The third-order valence-electron chi connectivity index (χ3n) is 2.67. The van der Waals surface area contributed by atoms with E-state index in [0.29, 0.717) is 6.54 Å². The summed E-state index contributed by atoms with van der Waals surface area (Å²) in [7, 11) is 0. The van der Waals surface area contributed by atoms with Gasteiger partial charge in [-0.15, -0.1) is 0 Å². The second kappa shape index (κ2) is 7.12. The minimum Gasteiger partial charge on any atom is -0.354 e. The van der Waals surface area contributed by atoms with Crippen molar-refractivity contribution in [3.05, 3.63) is 0 Å². The fourth-order valence-electron chi connectivity index (χ4n) is 0.958. The van der Waals surface area contributed by atoms with Crippen LogP contribution in [-0.2, 0) is 4.79 Å². The van der Waals surface area contributed by atoms with Crippen molar-refractivity contribution in [2.75, 3.05) is 18.6 Å². The van der Waals surface area contributed by atoms with Crippen LogP contribution in [0.25, 0.3) is 0 Å². The molecular formula is C11H24N2OS. The lowest BCUT2D eigenvalue weighted by Gasteiger charge is -2.23. The van der Waals surface area contributed by atoms with E-state index in [1.807, 2.05) is 6.26 Å². The zero-order valence-corrected chi connectivity index (χ0v) is 11.1. The number of nitrogens with two attached hydrogens (primary N) is 1. The zero-order chi connectivity index (χ0) is 11.9. The van der Waals surface area contributed by atoms with E-state index in [1.165, 1.54) is 0 Å². The van der Waals surface area contributed by atoms with E-state index < -0.39 is 0 Å². The van der Waals surface area contributed by atoms with Gasteiger partial charge in [0.05, 0.1) is 6.04 Å². The molecule has 0 rings (SSSR count). The minimum atomic E-state index is -0.356. The van der Waals surface area contributed by atoms with Crippen LogP contribution in [0.4, 0.5) is 0 Å². The Balaban J connectivity index is 3.82. The number of amides is 1. The Bertz CT molecular complexity index is 195. The average Bonchev–Trinajstić information content (AvgIpc) is 2.22. The van der Waals surface area contributed by atoms with Gasteiger partial charge in [-0.25, -0.2) is 0 Å². The number of carbonyl (C=O) groups excluding carboxylic acids is 1. The second-order valence-electron chi connectivity index (χ2n) is 4.62. The molecule has 0 saturated carbocycles. The summed E-state index contributed by atoms with van der Waals surface area (Å²) in [6.07, 6.45) is 3.82. The molecule has 90 valence electrons. The maximum Gasteiger partial charge on any atom is 0.236 e. The van der Waals surface area contributed by atoms with Gasteiger partial charge in [-0.1, -0.05) is 20.8 Å². The second-order valence-corrected chi connectivity index (χ2v) is 5.61. The summed E-state index contributed by atoms with van der Waals surface area (Å²) in [5.41, 5.74) is 5.91. The molecule has 0 unspecified atom stereocenters. The van der Waals surface area contributed by atoms with E-state index in [1.54, 1.807) is 11.8 Å². The van der Waals surface area contributed by atoms with Gasteiger partial charge < -0.3 is 11.1 Å². The molecular weight excluding hydrogens is 208 g/mol. The predicted octanol–water partition coefficient (Wildman–Crippen LogP) is 1.62. The summed E-state index contributed by atoms with van der Waals surface area (Å²) >= 11 is 1.72. The number of thioether (sulfide) groups is 1. The molecule has 0 radical (unpaired) electrons. The molecule has 15 heavy (non-hydrogen) atoms. The van der Waals surface area contributed by atoms with Gasteiger partial charge >= 0.3 is 0 Å². The maximum atomic E-state index is 11.6. The SMILES string of the molecule is CCC(C)(C)CNC(=O)[C@@H](N)CCSC. The molecule has 0 fully saturated rings. The number of nitrogens with one attached hydrogen (secondary N) is 1. The molecule has 0 spiro atoms. The van der Waals surface area contributed by atoms with Crippen LogP contribution in [0, 0.1) is 5.41 Å². The first-order valence-electron chi connectivity index (χ1n) is 5.45. The van der Waals surface area contributed by atoms with E-state index in [9.17, 15) is 4.79 Å². The molecule has 1 amide bonds. The van der Waals surface area contributed by atoms with Crippen LogP contribution in [0.5, 0.6) is 0 Å². The van der Waals surface area contributed by atoms with Gasteiger partial charge in [-0.05, 0) is 30.3 Å². The van der Waals surface area contributed by atoms with Gasteiger partial charge in [0.15, 0.2) is 0 Å². The largest absolute Gasteiger partial charge is 0.354 e. The Morgan fingerprint density at radius 3 is 2.60 bits per heavy atom. The summed E-state index contributed by atoms with van der Waals surface area (Å²) in [5, 5.41) is 2.91. The first-order chi connectivity index (χ1) is 6.93. The molecule has 1 atom stereocenters. The fraction of sp³-hybridized carbons (Fsp3) is 0.909. The lowest BCUT2D eigenvalue weighted by molar-refractivity contribution is -0.122. The highest BCUT2D eigenvalue weighted by atomic mass is 32.2. The van der Waals surface area contributed by atoms with E-state index in [-0.39, 0.29) is 17.4 Å². The molecule has 3 nitrogen and oxygen atoms in total. The fourth-order valence-corrected chi connectivity index (χ4v) is 1.45. The van der Waals surface area contributed by atoms with Crippen LogP contribution in [-0.4, -0.2) is 30.5 Å². The first-order valence-corrected chi connectivity index (χ1v) is 6.84. The van der Waals surface area contributed by atoms with Crippen LogP contribution in [0.1, 0.15) is 33.6 Å². The van der Waals surface area contributed by atoms with Crippen molar-refractivity contribution in [3.63, 3.8) is 0 Å². The number of hydrogen-bond acceptors (Lipinski definition) is 3. The summed E-state index contributed by atoms with van der Waals surface area (Å²) < 4.78 is 0. The molecule has 3 N–H and O–H groups in total. The Kier molecular flexibility index (Phi) is 7.02. The van der Waals surface area contributed by atoms with Crippen LogP contribution < -0.4 is 11.1 Å². The van der Waals surface area contributed by atoms with Gasteiger partial charge in [0.2, 0.25) is 5.91 Å². The summed E-state index contributed by atoms with van der Waals surface area (Å²) in [5.74, 6) is 0.914. The van der Waals surface area contributed by atoms with Crippen molar-refractivity contribution in [1.82, 2.24) is 5.32 Å². The van der Waals surface area contributed by atoms with Gasteiger partial charge in [-0.3, -0.25) is 4.79 Å². The van der Waals surface area contributed by atoms with E-state index in [0.717, 1.165) is 18.6 Å². The highest BCUT2D eigenvalue weighted by Crippen LogP contribution is 2.17. The van der Waals surface area contributed by atoms with Crippen LogP contribution >= 0.6 is 11.8 Å². The monoisotopic (exact) mass is 232 g/mol. The third kappa shape index (κ3) is 6.79.